The van der Waals surface area contributed by atoms with Crippen LogP contribution in [-0.4, -0.2) is 18.3 Å². The molecule has 1 atom stereocenters. The van der Waals surface area contributed by atoms with Gasteiger partial charge >= 0.3 is 0 Å². The summed E-state index contributed by atoms with van der Waals surface area (Å²) in [6.07, 6.45) is 2.51. The van der Waals surface area contributed by atoms with E-state index in [1.54, 1.807) is 0 Å². The van der Waals surface area contributed by atoms with Crippen LogP contribution in [0.2, 0.25) is 0 Å². The van der Waals surface area contributed by atoms with Crippen LogP contribution in [0.5, 0.6) is 0 Å². The minimum absolute atomic E-state index is 0. The Hall–Kier alpha value is -0.250. The molecule has 1 aliphatic heterocycles. The summed E-state index contributed by atoms with van der Waals surface area (Å²) in [4.78, 5) is 1.17. The Morgan fingerprint density at radius 3 is 2.60 bits per heavy atom. The summed E-state index contributed by atoms with van der Waals surface area (Å²) in [5, 5.41) is 4.02. The van der Waals surface area contributed by atoms with E-state index < -0.39 is 0 Å². The maximum Gasteiger partial charge on any atom is 0.123 e. The first-order valence-corrected chi connectivity index (χ1v) is 5.85. The average molecular weight is 248 g/mol. The van der Waals surface area contributed by atoms with E-state index >= 15 is 0 Å². The molecule has 1 aromatic carbocycles. The molecular formula is C11H15ClFNS. The van der Waals surface area contributed by atoms with Gasteiger partial charge in [-0.1, -0.05) is 0 Å². The number of benzene rings is 1. The van der Waals surface area contributed by atoms with E-state index in [1.807, 2.05) is 23.9 Å². The number of hydrogen-bond donors (Lipinski definition) is 1. The molecule has 0 aromatic heterocycles. The molecule has 1 N–H and O–H groups in total. The molecule has 0 amide bonds. The zero-order valence-electron chi connectivity index (χ0n) is 8.41. The van der Waals surface area contributed by atoms with Gasteiger partial charge in [0.2, 0.25) is 0 Å². The minimum atomic E-state index is -0.156. The van der Waals surface area contributed by atoms with E-state index in [0.29, 0.717) is 5.25 Å². The van der Waals surface area contributed by atoms with Crippen LogP contribution in [0, 0.1) is 5.82 Å². The smallest absolute Gasteiger partial charge is 0.123 e. The summed E-state index contributed by atoms with van der Waals surface area (Å²) >= 11 is 1.84. The van der Waals surface area contributed by atoms with E-state index in [1.165, 1.54) is 29.9 Å². The van der Waals surface area contributed by atoms with Crippen molar-refractivity contribution in [1.82, 2.24) is 5.32 Å². The first-order chi connectivity index (χ1) is 6.84. The van der Waals surface area contributed by atoms with Crippen molar-refractivity contribution < 1.29 is 4.39 Å². The van der Waals surface area contributed by atoms with Gasteiger partial charge in [-0.3, -0.25) is 0 Å². The lowest BCUT2D eigenvalue weighted by Crippen LogP contribution is -2.31. The van der Waals surface area contributed by atoms with E-state index in [-0.39, 0.29) is 18.2 Å². The van der Waals surface area contributed by atoms with Crippen LogP contribution >= 0.6 is 24.2 Å². The molecule has 0 saturated carbocycles. The van der Waals surface area contributed by atoms with Crippen LogP contribution in [0.15, 0.2) is 29.2 Å². The lowest BCUT2D eigenvalue weighted by atomic mass is 10.2. The van der Waals surface area contributed by atoms with Gasteiger partial charge in [-0.05, 0) is 43.7 Å². The van der Waals surface area contributed by atoms with Gasteiger partial charge in [0, 0.05) is 16.7 Å². The standard InChI is InChI=1S/C11H14FNS.ClH/c12-9-3-5-10(6-4-9)14-11-2-1-7-13-8-11;/h3-6,11,13H,1-2,7-8H2;1H. The Balaban J connectivity index is 0.00000112. The Labute approximate surface area is 100 Å². The third kappa shape index (κ3) is 4.01. The topological polar surface area (TPSA) is 12.0 Å². The van der Waals surface area contributed by atoms with Crippen molar-refractivity contribution >= 4 is 24.2 Å². The van der Waals surface area contributed by atoms with E-state index in [9.17, 15) is 4.39 Å². The molecule has 1 nitrogen and oxygen atoms in total. The summed E-state index contributed by atoms with van der Waals surface area (Å²) in [7, 11) is 0. The van der Waals surface area contributed by atoms with Crippen molar-refractivity contribution in [3.05, 3.63) is 30.1 Å². The zero-order chi connectivity index (χ0) is 9.80. The predicted octanol–water partition coefficient (Wildman–Crippen LogP) is 3.09. The largest absolute Gasteiger partial charge is 0.316 e. The maximum absolute atomic E-state index is 12.6. The molecular weight excluding hydrogens is 233 g/mol. The second-order valence-electron chi connectivity index (χ2n) is 3.54. The summed E-state index contributed by atoms with van der Waals surface area (Å²) < 4.78 is 12.6. The molecule has 2 rings (SSSR count). The highest BCUT2D eigenvalue weighted by Gasteiger charge is 2.13. The molecule has 84 valence electrons. The number of halogens is 2. The maximum atomic E-state index is 12.6. The molecule has 15 heavy (non-hydrogen) atoms. The normalized spacial score (nSPS) is 20.7. The molecule has 4 heteroatoms. The molecule has 0 aliphatic carbocycles. The second-order valence-corrected chi connectivity index (χ2v) is 4.91. The van der Waals surface area contributed by atoms with Gasteiger partial charge in [0.25, 0.3) is 0 Å². The third-order valence-corrected chi connectivity index (χ3v) is 3.65. The number of piperidine rings is 1. The summed E-state index contributed by atoms with van der Waals surface area (Å²) in [5.74, 6) is -0.156. The Morgan fingerprint density at radius 2 is 2.00 bits per heavy atom. The number of rotatable bonds is 2. The SMILES string of the molecule is Cl.Fc1ccc(SC2CCCNC2)cc1. The predicted molar refractivity (Wildman–Crippen MR) is 65.4 cm³/mol. The zero-order valence-corrected chi connectivity index (χ0v) is 10.0. The first-order valence-electron chi connectivity index (χ1n) is 4.97. The van der Waals surface area contributed by atoms with Crippen LogP contribution in [0.1, 0.15) is 12.8 Å². The molecule has 1 saturated heterocycles. The van der Waals surface area contributed by atoms with Crippen molar-refractivity contribution in [2.45, 2.75) is 23.0 Å². The third-order valence-electron chi connectivity index (χ3n) is 2.37. The average Bonchev–Trinajstić information content (AvgIpc) is 2.23. The Morgan fingerprint density at radius 1 is 1.27 bits per heavy atom. The van der Waals surface area contributed by atoms with Crippen LogP contribution in [0.25, 0.3) is 0 Å². The first kappa shape index (κ1) is 12.8. The molecule has 1 fully saturated rings. The van der Waals surface area contributed by atoms with Crippen molar-refractivity contribution in [3.63, 3.8) is 0 Å². The van der Waals surface area contributed by atoms with E-state index in [2.05, 4.69) is 5.32 Å². The highest BCUT2D eigenvalue weighted by molar-refractivity contribution is 8.00. The van der Waals surface area contributed by atoms with Crippen molar-refractivity contribution in [1.29, 1.82) is 0 Å². The van der Waals surface area contributed by atoms with Gasteiger partial charge in [-0.15, -0.1) is 24.2 Å². The highest BCUT2D eigenvalue weighted by atomic mass is 35.5. The van der Waals surface area contributed by atoms with Crippen LogP contribution in [-0.2, 0) is 0 Å². The fourth-order valence-corrected chi connectivity index (χ4v) is 2.79. The molecule has 1 unspecified atom stereocenters. The van der Waals surface area contributed by atoms with Gasteiger partial charge in [-0.25, -0.2) is 4.39 Å². The fourth-order valence-electron chi connectivity index (χ4n) is 1.63. The molecule has 1 aromatic rings. The number of thioether (sulfide) groups is 1. The fraction of sp³-hybridized carbons (Fsp3) is 0.455. The van der Waals surface area contributed by atoms with E-state index in [0.717, 1.165) is 13.1 Å². The van der Waals surface area contributed by atoms with Crippen LogP contribution in [0.4, 0.5) is 4.39 Å². The summed E-state index contributed by atoms with van der Waals surface area (Å²) in [5.41, 5.74) is 0. The van der Waals surface area contributed by atoms with Gasteiger partial charge in [0.1, 0.15) is 5.82 Å². The van der Waals surface area contributed by atoms with Gasteiger partial charge in [-0.2, -0.15) is 0 Å². The van der Waals surface area contributed by atoms with Crippen molar-refractivity contribution in [2.24, 2.45) is 0 Å². The monoisotopic (exact) mass is 247 g/mol. The quantitative estimate of drug-likeness (QED) is 0.862. The van der Waals surface area contributed by atoms with Gasteiger partial charge in [0.05, 0.1) is 0 Å². The van der Waals surface area contributed by atoms with Gasteiger partial charge in [0.15, 0.2) is 0 Å². The lowest BCUT2D eigenvalue weighted by molar-refractivity contribution is 0.531. The van der Waals surface area contributed by atoms with Crippen LogP contribution in [0.3, 0.4) is 0 Å². The van der Waals surface area contributed by atoms with Gasteiger partial charge < -0.3 is 5.32 Å². The summed E-state index contributed by atoms with van der Waals surface area (Å²) in [6.45, 7) is 2.21. The van der Waals surface area contributed by atoms with E-state index in [4.69, 9.17) is 0 Å². The van der Waals surface area contributed by atoms with Crippen molar-refractivity contribution in [3.8, 4) is 0 Å². The highest BCUT2D eigenvalue weighted by Crippen LogP contribution is 2.27. The Bertz CT molecular complexity index is 285. The lowest BCUT2D eigenvalue weighted by Gasteiger charge is -2.21. The molecule has 1 heterocycles. The molecule has 0 spiro atoms. The second kappa shape index (κ2) is 6.36. The summed E-state index contributed by atoms with van der Waals surface area (Å²) in [6, 6.07) is 6.76. The van der Waals surface area contributed by atoms with Crippen LogP contribution < -0.4 is 5.32 Å². The molecule has 0 bridgehead atoms. The Kier molecular flexibility index (Phi) is 5.43. The number of hydrogen-bond acceptors (Lipinski definition) is 2. The molecule has 0 radical (unpaired) electrons. The van der Waals surface area contributed by atoms with Crippen molar-refractivity contribution in [2.75, 3.05) is 13.1 Å². The minimum Gasteiger partial charge on any atom is -0.316 e. The molecule has 1 aliphatic rings. The number of nitrogens with one attached hydrogen (secondary N) is 1.